The Kier molecular flexibility index (Phi) is 4.88. The van der Waals surface area contributed by atoms with E-state index in [1.165, 1.54) is 0 Å². The summed E-state index contributed by atoms with van der Waals surface area (Å²) in [6, 6.07) is 3.79. The fourth-order valence-corrected chi connectivity index (χ4v) is 2.84. The van der Waals surface area contributed by atoms with Gasteiger partial charge in [-0.15, -0.1) is 0 Å². The van der Waals surface area contributed by atoms with E-state index in [0.717, 1.165) is 6.54 Å². The van der Waals surface area contributed by atoms with Crippen LogP contribution in [0.15, 0.2) is 16.6 Å². The van der Waals surface area contributed by atoms with E-state index in [4.69, 9.17) is 9.47 Å². The molecule has 5 nitrogen and oxygen atoms in total. The van der Waals surface area contributed by atoms with Crippen LogP contribution in [0.2, 0.25) is 0 Å². The van der Waals surface area contributed by atoms with E-state index in [1.54, 1.807) is 26.4 Å². The summed E-state index contributed by atoms with van der Waals surface area (Å²) in [5.41, 5.74) is 0.580. The third-order valence-electron chi connectivity index (χ3n) is 3.35. The van der Waals surface area contributed by atoms with Crippen LogP contribution >= 0.6 is 15.9 Å². The number of benzene rings is 1. The van der Waals surface area contributed by atoms with Gasteiger partial charge in [-0.1, -0.05) is 0 Å². The number of methoxy groups -OCH3 is 2. The van der Waals surface area contributed by atoms with Crippen LogP contribution in [0.25, 0.3) is 0 Å². The molecule has 1 aromatic carbocycles. The number of amides is 1. The van der Waals surface area contributed by atoms with Crippen LogP contribution in [0.1, 0.15) is 17.3 Å². The molecule has 110 valence electrons. The minimum Gasteiger partial charge on any atom is -0.495 e. The maximum atomic E-state index is 12.6. The highest BCUT2D eigenvalue weighted by molar-refractivity contribution is 9.10. The van der Waals surface area contributed by atoms with Crippen molar-refractivity contribution in [1.29, 1.82) is 0 Å². The second kappa shape index (κ2) is 6.45. The smallest absolute Gasteiger partial charge is 0.254 e. The van der Waals surface area contributed by atoms with Crippen molar-refractivity contribution < 1.29 is 14.3 Å². The molecule has 1 atom stereocenters. The van der Waals surface area contributed by atoms with E-state index >= 15 is 0 Å². The first kappa shape index (κ1) is 15.1. The summed E-state index contributed by atoms with van der Waals surface area (Å²) in [6.07, 6.45) is 0. The SMILES string of the molecule is COc1cc(C(=O)N2CCNC(C)C2)cc(OC)c1Br. The van der Waals surface area contributed by atoms with E-state index in [-0.39, 0.29) is 5.91 Å². The van der Waals surface area contributed by atoms with Gasteiger partial charge in [-0.3, -0.25) is 4.79 Å². The van der Waals surface area contributed by atoms with Crippen LogP contribution in [-0.2, 0) is 0 Å². The van der Waals surface area contributed by atoms with Gasteiger partial charge in [0.1, 0.15) is 16.0 Å². The first-order chi connectivity index (χ1) is 9.56. The Morgan fingerprint density at radius 2 is 1.95 bits per heavy atom. The summed E-state index contributed by atoms with van der Waals surface area (Å²) in [7, 11) is 3.14. The number of carbonyl (C=O) groups excluding carboxylic acids is 1. The molecule has 1 saturated heterocycles. The summed E-state index contributed by atoms with van der Waals surface area (Å²) in [4.78, 5) is 14.4. The van der Waals surface area contributed by atoms with Gasteiger partial charge in [0.2, 0.25) is 0 Å². The van der Waals surface area contributed by atoms with Crippen LogP contribution in [-0.4, -0.2) is 50.7 Å². The number of nitrogens with one attached hydrogen (secondary N) is 1. The molecular formula is C14H19BrN2O3. The van der Waals surface area contributed by atoms with Crippen LogP contribution < -0.4 is 14.8 Å². The number of hydrogen-bond acceptors (Lipinski definition) is 4. The maximum absolute atomic E-state index is 12.6. The van der Waals surface area contributed by atoms with Gasteiger partial charge < -0.3 is 19.7 Å². The fourth-order valence-electron chi connectivity index (χ4n) is 2.29. The number of rotatable bonds is 3. The molecule has 0 saturated carbocycles. The van der Waals surface area contributed by atoms with Crippen molar-refractivity contribution in [3.05, 3.63) is 22.2 Å². The van der Waals surface area contributed by atoms with Gasteiger partial charge in [0, 0.05) is 31.2 Å². The monoisotopic (exact) mass is 342 g/mol. The standard InChI is InChI=1S/C14H19BrN2O3/c1-9-8-17(5-4-16-9)14(18)10-6-11(19-2)13(15)12(7-10)20-3/h6-7,9,16H,4-5,8H2,1-3H3. The first-order valence-electron chi connectivity index (χ1n) is 6.51. The maximum Gasteiger partial charge on any atom is 0.254 e. The zero-order valence-electron chi connectivity index (χ0n) is 11.9. The Balaban J connectivity index is 2.29. The van der Waals surface area contributed by atoms with E-state index < -0.39 is 0 Å². The van der Waals surface area contributed by atoms with Gasteiger partial charge in [0.15, 0.2) is 0 Å². The molecule has 6 heteroatoms. The van der Waals surface area contributed by atoms with Crippen molar-refractivity contribution in [1.82, 2.24) is 10.2 Å². The van der Waals surface area contributed by atoms with Gasteiger partial charge in [-0.25, -0.2) is 0 Å². The zero-order valence-corrected chi connectivity index (χ0v) is 13.5. The van der Waals surface area contributed by atoms with Crippen molar-refractivity contribution in [2.75, 3.05) is 33.9 Å². The van der Waals surface area contributed by atoms with Gasteiger partial charge in [-0.05, 0) is 35.0 Å². The van der Waals surface area contributed by atoms with Crippen LogP contribution in [0.5, 0.6) is 11.5 Å². The normalized spacial score (nSPS) is 18.8. The molecule has 1 aliphatic rings. The predicted octanol–water partition coefficient (Wildman–Crippen LogP) is 1.90. The molecule has 0 aromatic heterocycles. The molecule has 1 N–H and O–H groups in total. The molecule has 1 aromatic rings. The second-order valence-corrected chi connectivity index (χ2v) is 5.59. The average Bonchev–Trinajstić information content (AvgIpc) is 2.46. The van der Waals surface area contributed by atoms with Crippen molar-refractivity contribution >= 4 is 21.8 Å². The number of hydrogen-bond donors (Lipinski definition) is 1. The van der Waals surface area contributed by atoms with E-state index in [9.17, 15) is 4.79 Å². The third-order valence-corrected chi connectivity index (χ3v) is 4.13. The van der Waals surface area contributed by atoms with Crippen LogP contribution in [0.3, 0.4) is 0 Å². The van der Waals surface area contributed by atoms with Crippen molar-refractivity contribution in [3.8, 4) is 11.5 Å². The quantitative estimate of drug-likeness (QED) is 0.911. The number of ether oxygens (including phenoxy) is 2. The Bertz CT molecular complexity index is 482. The predicted molar refractivity (Wildman–Crippen MR) is 80.6 cm³/mol. The Morgan fingerprint density at radius 1 is 1.35 bits per heavy atom. The van der Waals surface area contributed by atoms with E-state index in [0.29, 0.717) is 40.7 Å². The molecular weight excluding hydrogens is 324 g/mol. The zero-order chi connectivity index (χ0) is 14.7. The lowest BCUT2D eigenvalue weighted by Gasteiger charge is -2.32. The highest BCUT2D eigenvalue weighted by Gasteiger charge is 2.23. The van der Waals surface area contributed by atoms with Crippen LogP contribution in [0, 0.1) is 0 Å². The van der Waals surface area contributed by atoms with E-state index in [1.807, 2.05) is 4.90 Å². The van der Waals surface area contributed by atoms with Gasteiger partial charge in [0.05, 0.1) is 14.2 Å². The fraction of sp³-hybridized carbons (Fsp3) is 0.500. The highest BCUT2D eigenvalue weighted by Crippen LogP contribution is 2.35. The largest absolute Gasteiger partial charge is 0.495 e. The Morgan fingerprint density at radius 3 is 2.45 bits per heavy atom. The lowest BCUT2D eigenvalue weighted by molar-refractivity contribution is 0.0708. The lowest BCUT2D eigenvalue weighted by Crippen LogP contribution is -2.51. The second-order valence-electron chi connectivity index (χ2n) is 4.80. The van der Waals surface area contributed by atoms with Gasteiger partial charge in [-0.2, -0.15) is 0 Å². The highest BCUT2D eigenvalue weighted by atomic mass is 79.9. The summed E-state index contributed by atoms with van der Waals surface area (Å²) < 4.78 is 11.3. The Hall–Kier alpha value is -1.27. The third kappa shape index (κ3) is 3.07. The molecule has 0 aliphatic carbocycles. The topological polar surface area (TPSA) is 50.8 Å². The number of nitrogens with zero attached hydrogens (tertiary/aromatic N) is 1. The molecule has 0 radical (unpaired) electrons. The Labute approximate surface area is 127 Å². The van der Waals surface area contributed by atoms with Gasteiger partial charge in [0.25, 0.3) is 5.91 Å². The van der Waals surface area contributed by atoms with Crippen molar-refractivity contribution in [3.63, 3.8) is 0 Å². The molecule has 1 fully saturated rings. The molecule has 0 spiro atoms. The summed E-state index contributed by atoms with van der Waals surface area (Å²) >= 11 is 3.41. The minimum absolute atomic E-state index is 0.00227. The average molecular weight is 343 g/mol. The molecule has 1 amide bonds. The number of piperazine rings is 1. The summed E-state index contributed by atoms with van der Waals surface area (Å²) in [6.45, 7) is 4.31. The summed E-state index contributed by atoms with van der Waals surface area (Å²) in [5, 5.41) is 3.32. The minimum atomic E-state index is 0.00227. The van der Waals surface area contributed by atoms with Crippen LogP contribution in [0.4, 0.5) is 0 Å². The number of halogens is 1. The molecule has 0 bridgehead atoms. The molecule has 2 rings (SSSR count). The van der Waals surface area contributed by atoms with Crippen molar-refractivity contribution in [2.24, 2.45) is 0 Å². The molecule has 1 aliphatic heterocycles. The molecule has 1 heterocycles. The van der Waals surface area contributed by atoms with Gasteiger partial charge >= 0.3 is 0 Å². The lowest BCUT2D eigenvalue weighted by atomic mass is 10.1. The molecule has 20 heavy (non-hydrogen) atoms. The number of carbonyl (C=O) groups is 1. The molecule has 1 unspecified atom stereocenters. The first-order valence-corrected chi connectivity index (χ1v) is 7.30. The van der Waals surface area contributed by atoms with E-state index in [2.05, 4.69) is 28.2 Å². The van der Waals surface area contributed by atoms with Crippen molar-refractivity contribution in [2.45, 2.75) is 13.0 Å². The summed E-state index contributed by atoms with van der Waals surface area (Å²) in [5.74, 6) is 1.19.